The van der Waals surface area contributed by atoms with Gasteiger partial charge in [0.2, 0.25) is 0 Å². The average molecular weight is 166 g/mol. The van der Waals surface area contributed by atoms with Gasteiger partial charge in [-0.1, -0.05) is 24.3 Å². The van der Waals surface area contributed by atoms with Crippen molar-refractivity contribution in [2.24, 2.45) is 0 Å². The maximum absolute atomic E-state index is 10.1. The van der Waals surface area contributed by atoms with Gasteiger partial charge >= 0.3 is 7.23 Å². The van der Waals surface area contributed by atoms with E-state index in [9.17, 15) is 4.57 Å². The van der Waals surface area contributed by atoms with Crippen LogP contribution in [0.1, 0.15) is 26.2 Å². The molecule has 0 rings (SSSR count). The summed E-state index contributed by atoms with van der Waals surface area (Å²) in [6, 6.07) is 0. The molecule has 9 heavy (non-hydrogen) atoms. The molecule has 0 aliphatic carbocycles. The fraction of sp³-hybridized carbons (Fsp3) is 1.00. The number of hydrogen-bond acceptors (Lipinski definition) is 3. The number of hydrogen-bond donors (Lipinski definition) is 0. The van der Waals surface area contributed by atoms with Crippen molar-refractivity contribution in [3.8, 4) is 0 Å². The second-order valence-corrected chi connectivity index (χ2v) is 3.36. The van der Waals surface area contributed by atoms with E-state index in [1.807, 2.05) is 0 Å². The first-order valence-corrected chi connectivity index (χ1v) is 5.23. The molecule has 0 saturated heterocycles. The Balaban J connectivity index is 2.83. The lowest BCUT2D eigenvalue weighted by Crippen LogP contribution is -1.84. The molecule has 0 N–H and O–H groups in total. The maximum Gasteiger partial charge on any atom is 0.372 e. The van der Waals surface area contributed by atoms with Gasteiger partial charge in [-0.25, -0.2) is 0 Å². The molecule has 0 aliphatic heterocycles. The molecule has 0 aromatic rings. The van der Waals surface area contributed by atoms with Crippen LogP contribution < -0.4 is 0 Å². The van der Waals surface area contributed by atoms with Gasteiger partial charge in [0.05, 0.1) is 0 Å². The van der Waals surface area contributed by atoms with Crippen LogP contribution in [0.25, 0.3) is 0 Å². The summed E-state index contributed by atoms with van der Waals surface area (Å²) in [7, 11) is -1.78. The van der Waals surface area contributed by atoms with Crippen molar-refractivity contribution in [2.75, 3.05) is 6.61 Å². The van der Waals surface area contributed by atoms with E-state index in [0.29, 0.717) is 6.61 Å². The first-order valence-electron chi connectivity index (χ1n) is 3.04. The summed E-state index contributed by atoms with van der Waals surface area (Å²) in [5.41, 5.74) is 0. The van der Waals surface area contributed by atoms with Crippen LogP contribution in [-0.2, 0) is 21.3 Å². The molecule has 0 aliphatic rings. The molecule has 0 aromatic heterocycles. The zero-order valence-corrected chi connectivity index (χ0v) is 7.21. The minimum atomic E-state index is -1.78. The van der Waals surface area contributed by atoms with Gasteiger partial charge in [-0.3, -0.25) is 0 Å². The molecule has 0 saturated carbocycles. The molecular weight excluding hydrogens is 155 g/mol. The summed E-state index contributed by atoms with van der Waals surface area (Å²) in [5.74, 6) is 0. The largest absolute Gasteiger partial charge is 0.408 e. The molecular formula is C5H11O2PS. The van der Waals surface area contributed by atoms with E-state index in [-0.39, 0.29) is 0 Å². The van der Waals surface area contributed by atoms with Gasteiger partial charge in [0.25, 0.3) is 0 Å². The zero-order chi connectivity index (χ0) is 7.11. The summed E-state index contributed by atoms with van der Waals surface area (Å²) < 4.78 is 14.8. The van der Waals surface area contributed by atoms with E-state index in [2.05, 4.69) is 23.7 Å². The quantitative estimate of drug-likeness (QED) is 0.356. The van der Waals surface area contributed by atoms with Crippen LogP contribution in [0, 0.1) is 0 Å². The van der Waals surface area contributed by atoms with Gasteiger partial charge in [-0.05, 0) is 6.42 Å². The van der Waals surface area contributed by atoms with Crippen LogP contribution in [0.5, 0.6) is 0 Å². The van der Waals surface area contributed by atoms with Crippen molar-refractivity contribution in [1.82, 2.24) is 0 Å². The first-order chi connectivity index (χ1) is 4.27. The third-order valence-electron chi connectivity index (χ3n) is 0.945. The second kappa shape index (κ2) is 6.53. The normalized spacial score (nSPS) is 11.6. The third kappa shape index (κ3) is 8.41. The molecule has 1 atom stereocenters. The molecule has 0 heterocycles. The monoisotopic (exact) mass is 166 g/mol. The molecule has 0 spiro atoms. The minimum Gasteiger partial charge on any atom is -0.408 e. The Labute approximate surface area is 62.0 Å². The average Bonchev–Trinajstić information content (AvgIpc) is 1.80. The lowest BCUT2D eigenvalue weighted by molar-refractivity contribution is 0.327. The van der Waals surface area contributed by atoms with Crippen LogP contribution in [0.3, 0.4) is 0 Å². The van der Waals surface area contributed by atoms with Crippen molar-refractivity contribution in [2.45, 2.75) is 26.2 Å². The first kappa shape index (κ1) is 9.41. The zero-order valence-electron chi connectivity index (χ0n) is 5.50. The van der Waals surface area contributed by atoms with E-state index < -0.39 is 7.23 Å². The molecule has 0 bridgehead atoms. The van der Waals surface area contributed by atoms with Crippen LogP contribution >= 0.6 is 7.23 Å². The van der Waals surface area contributed by atoms with Gasteiger partial charge < -0.3 is 12.2 Å². The Bertz CT molecular complexity index is 87.0. The fourth-order valence-electron chi connectivity index (χ4n) is 0.491. The predicted octanol–water partition coefficient (Wildman–Crippen LogP) is 2.40. The molecule has 54 valence electrons. The van der Waals surface area contributed by atoms with Crippen molar-refractivity contribution in [3.05, 3.63) is 0 Å². The Morgan fingerprint density at radius 1 is 1.56 bits per heavy atom. The van der Waals surface area contributed by atoms with Gasteiger partial charge in [-0.2, -0.15) is 4.52 Å². The highest BCUT2D eigenvalue weighted by atomic mass is 32.7. The van der Waals surface area contributed by atoms with Crippen LogP contribution in [0.4, 0.5) is 0 Å². The topological polar surface area (TPSA) is 26.3 Å². The summed E-state index contributed by atoms with van der Waals surface area (Å²) in [4.78, 5) is 0. The molecule has 0 fully saturated rings. The molecule has 1 unspecified atom stereocenters. The van der Waals surface area contributed by atoms with Crippen LogP contribution in [0.2, 0.25) is 0 Å². The molecule has 0 aromatic carbocycles. The standard InChI is InChI=1S/C5H11O2PS/c1-2-3-4-5-7-8(6)9/h2-5H2,1H3. The van der Waals surface area contributed by atoms with Gasteiger partial charge in [0, 0.05) is 0 Å². The van der Waals surface area contributed by atoms with Crippen LogP contribution in [-0.4, -0.2) is 6.61 Å². The fourth-order valence-corrected chi connectivity index (χ4v) is 0.993. The maximum atomic E-state index is 10.1. The Kier molecular flexibility index (Phi) is 6.83. The molecule has 0 amide bonds. The van der Waals surface area contributed by atoms with E-state index >= 15 is 0 Å². The predicted molar refractivity (Wildman–Crippen MR) is 40.4 cm³/mol. The third-order valence-corrected chi connectivity index (χ3v) is 1.65. The smallest absolute Gasteiger partial charge is 0.372 e. The van der Waals surface area contributed by atoms with Crippen molar-refractivity contribution < 1.29 is 9.09 Å². The molecule has 2 nitrogen and oxygen atoms in total. The molecule has 4 heteroatoms. The summed E-state index contributed by atoms with van der Waals surface area (Å²) >= 11 is 4.32. The highest BCUT2D eigenvalue weighted by molar-refractivity contribution is 8.25. The lowest BCUT2D eigenvalue weighted by atomic mass is 10.3. The number of unbranched alkanes of at least 4 members (excludes halogenated alkanes) is 2. The Hall–Kier alpha value is 0.410. The van der Waals surface area contributed by atoms with Crippen LogP contribution in [0.15, 0.2) is 0 Å². The van der Waals surface area contributed by atoms with Crippen molar-refractivity contribution >= 4 is 19.5 Å². The highest BCUT2D eigenvalue weighted by Gasteiger charge is 1.95. The van der Waals surface area contributed by atoms with Gasteiger partial charge in [0.1, 0.15) is 6.61 Å². The van der Waals surface area contributed by atoms with Gasteiger partial charge in [0.15, 0.2) is 0 Å². The second-order valence-electron chi connectivity index (χ2n) is 1.76. The Morgan fingerprint density at radius 3 is 2.67 bits per heavy atom. The van der Waals surface area contributed by atoms with E-state index in [0.717, 1.165) is 19.3 Å². The van der Waals surface area contributed by atoms with E-state index in [4.69, 9.17) is 0 Å². The summed E-state index contributed by atoms with van der Waals surface area (Å²) in [5, 5.41) is 0. The minimum absolute atomic E-state index is 0.548. The van der Waals surface area contributed by atoms with Crippen molar-refractivity contribution in [1.29, 1.82) is 0 Å². The van der Waals surface area contributed by atoms with E-state index in [1.165, 1.54) is 0 Å². The lowest BCUT2D eigenvalue weighted by Gasteiger charge is -1.91. The summed E-state index contributed by atoms with van der Waals surface area (Å²) in [6.07, 6.45) is 3.24. The van der Waals surface area contributed by atoms with Crippen molar-refractivity contribution in [3.63, 3.8) is 0 Å². The summed E-state index contributed by atoms with van der Waals surface area (Å²) in [6.45, 7) is 2.65. The van der Waals surface area contributed by atoms with E-state index in [1.54, 1.807) is 0 Å². The highest BCUT2D eigenvalue weighted by Crippen LogP contribution is 2.17. The van der Waals surface area contributed by atoms with Gasteiger partial charge in [-0.15, -0.1) is 0 Å². The Morgan fingerprint density at radius 2 is 2.22 bits per heavy atom. The number of rotatable bonds is 5. The SMILES string of the molecule is CCCCCO[P+](=O)[S-]. The molecule has 0 radical (unpaired) electrons.